The van der Waals surface area contributed by atoms with E-state index in [1.807, 2.05) is 36.4 Å². The summed E-state index contributed by atoms with van der Waals surface area (Å²) in [6.07, 6.45) is 0. The lowest BCUT2D eigenvalue weighted by molar-refractivity contribution is 1.07. The van der Waals surface area contributed by atoms with Crippen LogP contribution in [0.15, 0.2) is 231 Å². The molecule has 12 rings (SSSR count). The minimum Gasteiger partial charge on any atom is -0.313 e. The molecular formula is C57H38B2N4. The highest BCUT2D eigenvalue weighted by Crippen LogP contribution is 2.39. The van der Waals surface area contributed by atoms with E-state index in [2.05, 4.69) is 199 Å². The molecule has 10 aromatic rings. The lowest BCUT2D eigenvalue weighted by atomic mass is 9.30. The molecule has 3 heterocycles. The van der Waals surface area contributed by atoms with Crippen molar-refractivity contribution in [1.29, 1.82) is 0 Å². The molecule has 0 spiro atoms. The summed E-state index contributed by atoms with van der Waals surface area (Å²) in [5, 5.41) is 0. The van der Waals surface area contributed by atoms with Gasteiger partial charge in [-0.15, -0.1) is 0 Å². The molecule has 63 heavy (non-hydrogen) atoms. The Morgan fingerprint density at radius 1 is 0.270 bits per heavy atom. The summed E-state index contributed by atoms with van der Waals surface area (Å²) in [5.41, 5.74) is 18.7. The topological polar surface area (TPSA) is 41.9 Å². The van der Waals surface area contributed by atoms with Crippen molar-refractivity contribution < 1.29 is 0 Å². The average Bonchev–Trinajstić information content (AvgIpc) is 3.37. The Hall–Kier alpha value is -8.08. The lowest BCUT2D eigenvalue weighted by Crippen LogP contribution is -2.65. The molecule has 0 amide bonds. The number of para-hydroxylation sites is 2. The Morgan fingerprint density at radius 3 is 0.984 bits per heavy atom. The van der Waals surface area contributed by atoms with Gasteiger partial charge < -0.3 is 4.90 Å². The maximum atomic E-state index is 5.30. The third kappa shape index (κ3) is 6.47. The predicted octanol–water partition coefficient (Wildman–Crippen LogP) is 9.34. The number of benzene rings is 9. The summed E-state index contributed by atoms with van der Waals surface area (Å²) in [6.45, 7) is -0.127. The number of rotatable bonds is 7. The molecule has 2 aliphatic rings. The molecule has 0 radical (unpaired) electrons. The van der Waals surface area contributed by atoms with Gasteiger partial charge in [0.2, 0.25) is 13.4 Å². The van der Waals surface area contributed by atoms with Gasteiger partial charge in [-0.3, -0.25) is 0 Å². The standard InChI is InChI=1S/C57H38B2N4/c1-5-17-39(18-6-1)41-29-33-46(34-30-41)58-48-25-13-15-27-52(48)63-53-28-16-14-26-49(53)59(47-35-31-42(32-36-47)40-19-7-2-8-20-40)51-38-45(37-50(58)54(51)63)57-61-55(43-21-9-3-10-22-43)60-56(62-57)44-23-11-4-12-24-44/h1-38H. The van der Waals surface area contributed by atoms with Crippen LogP contribution in [0.3, 0.4) is 0 Å². The molecule has 4 nitrogen and oxygen atoms in total. The van der Waals surface area contributed by atoms with Gasteiger partial charge in [0, 0.05) is 33.8 Å². The van der Waals surface area contributed by atoms with Gasteiger partial charge in [0.1, 0.15) is 0 Å². The number of aromatic nitrogens is 3. The summed E-state index contributed by atoms with van der Waals surface area (Å²) in [7, 11) is 0. The van der Waals surface area contributed by atoms with Crippen LogP contribution in [0.2, 0.25) is 0 Å². The zero-order chi connectivity index (χ0) is 41.7. The normalized spacial score (nSPS) is 12.3. The molecule has 0 atom stereocenters. The molecule has 0 saturated carbocycles. The van der Waals surface area contributed by atoms with Crippen molar-refractivity contribution in [3.05, 3.63) is 231 Å². The van der Waals surface area contributed by atoms with Crippen LogP contribution in [0.1, 0.15) is 0 Å². The highest BCUT2D eigenvalue weighted by atomic mass is 15.2. The van der Waals surface area contributed by atoms with Gasteiger partial charge in [-0.1, -0.05) is 229 Å². The third-order valence-corrected chi connectivity index (χ3v) is 12.7. The minimum atomic E-state index is -0.0635. The molecule has 6 heteroatoms. The van der Waals surface area contributed by atoms with E-state index in [1.165, 1.54) is 72.1 Å². The summed E-state index contributed by atoms with van der Waals surface area (Å²) in [5.74, 6) is 1.93. The number of hydrogen-bond donors (Lipinski definition) is 0. The van der Waals surface area contributed by atoms with Gasteiger partial charge in [-0.25, -0.2) is 15.0 Å². The van der Waals surface area contributed by atoms with Gasteiger partial charge in [0.25, 0.3) is 0 Å². The predicted molar refractivity (Wildman–Crippen MR) is 264 cm³/mol. The van der Waals surface area contributed by atoms with Crippen molar-refractivity contribution in [2.75, 3.05) is 4.90 Å². The van der Waals surface area contributed by atoms with Gasteiger partial charge in [-0.2, -0.15) is 0 Å². The molecule has 9 aromatic carbocycles. The Bertz CT molecular complexity index is 3060. The van der Waals surface area contributed by atoms with Gasteiger partial charge in [-0.05, 0) is 56.2 Å². The molecule has 1 aromatic heterocycles. The van der Waals surface area contributed by atoms with Crippen LogP contribution < -0.4 is 37.7 Å². The highest BCUT2D eigenvalue weighted by molar-refractivity contribution is 7.02. The van der Waals surface area contributed by atoms with Crippen LogP contribution in [0.5, 0.6) is 0 Å². The number of anilines is 3. The minimum absolute atomic E-state index is 0.0635. The molecule has 0 fully saturated rings. The van der Waals surface area contributed by atoms with Crippen LogP contribution in [0.4, 0.5) is 17.1 Å². The van der Waals surface area contributed by atoms with Crippen LogP contribution in [0.25, 0.3) is 56.4 Å². The first-order valence-electron chi connectivity index (χ1n) is 21.6. The fourth-order valence-corrected chi connectivity index (χ4v) is 9.74. The molecular weight excluding hydrogens is 762 g/mol. The van der Waals surface area contributed by atoms with E-state index in [0.29, 0.717) is 17.5 Å². The van der Waals surface area contributed by atoms with Crippen LogP contribution in [-0.2, 0) is 0 Å². The van der Waals surface area contributed by atoms with E-state index in [4.69, 9.17) is 15.0 Å². The second kappa shape index (κ2) is 15.4. The SMILES string of the molecule is c1ccc(-c2ccc(B3c4ccccc4N4c5ccccc5B(c5ccc(-c6ccccc6)cc5)c5cc(-c6nc(-c7ccccc7)nc(-c7ccccc7)n6)cc3c54)cc2)cc1. The number of hydrogen-bond acceptors (Lipinski definition) is 4. The fourth-order valence-electron chi connectivity index (χ4n) is 9.74. The Labute approximate surface area is 368 Å². The first kappa shape index (κ1) is 36.7. The quantitative estimate of drug-likeness (QED) is 0.151. The van der Waals surface area contributed by atoms with Crippen LogP contribution in [-0.4, -0.2) is 28.4 Å². The van der Waals surface area contributed by atoms with Gasteiger partial charge in [0.15, 0.2) is 17.5 Å². The highest BCUT2D eigenvalue weighted by Gasteiger charge is 2.43. The zero-order valence-electron chi connectivity index (χ0n) is 34.4. The summed E-state index contributed by atoms with van der Waals surface area (Å²) in [6, 6.07) is 82.7. The number of fused-ring (bicyclic) bond motifs is 4. The molecule has 0 unspecified atom stereocenters. The van der Waals surface area contributed by atoms with E-state index < -0.39 is 0 Å². The van der Waals surface area contributed by atoms with Crippen molar-refractivity contribution in [2.45, 2.75) is 0 Å². The fraction of sp³-hybridized carbons (Fsp3) is 0. The van der Waals surface area contributed by atoms with E-state index in [1.54, 1.807) is 0 Å². The second-order valence-electron chi connectivity index (χ2n) is 16.3. The van der Waals surface area contributed by atoms with Crippen molar-refractivity contribution in [1.82, 2.24) is 15.0 Å². The Balaban J connectivity index is 1.13. The molecule has 2 aliphatic heterocycles. The number of nitrogens with zero attached hydrogens (tertiary/aromatic N) is 4. The smallest absolute Gasteiger partial charge is 0.246 e. The van der Waals surface area contributed by atoms with Crippen LogP contribution in [0, 0.1) is 0 Å². The summed E-state index contributed by atoms with van der Waals surface area (Å²) in [4.78, 5) is 18.2. The monoisotopic (exact) mass is 800 g/mol. The average molecular weight is 801 g/mol. The molecule has 0 aliphatic carbocycles. The molecule has 292 valence electrons. The van der Waals surface area contributed by atoms with E-state index in [-0.39, 0.29) is 13.4 Å². The first-order chi connectivity index (χ1) is 31.2. The lowest BCUT2D eigenvalue weighted by Gasteiger charge is -2.44. The van der Waals surface area contributed by atoms with Gasteiger partial charge in [0.05, 0.1) is 0 Å². The van der Waals surface area contributed by atoms with Gasteiger partial charge >= 0.3 is 0 Å². The van der Waals surface area contributed by atoms with E-state index in [9.17, 15) is 0 Å². The maximum absolute atomic E-state index is 5.30. The van der Waals surface area contributed by atoms with E-state index in [0.717, 1.165) is 16.7 Å². The Morgan fingerprint density at radius 2 is 0.587 bits per heavy atom. The summed E-state index contributed by atoms with van der Waals surface area (Å²) < 4.78 is 0. The molecule has 0 bridgehead atoms. The maximum Gasteiger partial charge on any atom is 0.246 e. The van der Waals surface area contributed by atoms with E-state index >= 15 is 0 Å². The summed E-state index contributed by atoms with van der Waals surface area (Å²) >= 11 is 0. The molecule has 0 saturated heterocycles. The van der Waals surface area contributed by atoms with Crippen molar-refractivity contribution >= 4 is 63.3 Å². The Kier molecular flexibility index (Phi) is 9.00. The largest absolute Gasteiger partial charge is 0.313 e. The molecule has 0 N–H and O–H groups in total. The van der Waals surface area contributed by atoms with Crippen molar-refractivity contribution in [3.8, 4) is 56.4 Å². The second-order valence-corrected chi connectivity index (χ2v) is 16.3. The first-order valence-corrected chi connectivity index (χ1v) is 21.6. The van der Waals surface area contributed by atoms with Crippen LogP contribution >= 0.6 is 0 Å². The third-order valence-electron chi connectivity index (χ3n) is 12.7. The van der Waals surface area contributed by atoms with Crippen molar-refractivity contribution in [2.24, 2.45) is 0 Å². The van der Waals surface area contributed by atoms with Crippen molar-refractivity contribution in [3.63, 3.8) is 0 Å². The zero-order valence-corrected chi connectivity index (χ0v) is 34.4.